The Morgan fingerprint density at radius 1 is 1.08 bits per heavy atom. The second kappa shape index (κ2) is 8.15. The normalized spacial score (nSPS) is 16.1. The summed E-state index contributed by atoms with van der Waals surface area (Å²) in [5, 5.41) is 4.88. The highest BCUT2D eigenvalue weighted by atomic mass is 15.2. The quantitative estimate of drug-likeness (QED) is 0.821. The van der Waals surface area contributed by atoms with Gasteiger partial charge in [-0.3, -0.25) is 0 Å². The number of aromatic nitrogens is 1. The molecular weight excluding hydrogens is 296 g/mol. The predicted octanol–water partition coefficient (Wildman–Crippen LogP) is 2.44. The number of fused-ring (bicyclic) bond motifs is 1. The molecule has 1 aliphatic heterocycles. The minimum atomic E-state index is 0.753. The second-order valence-electron chi connectivity index (χ2n) is 7.16. The lowest BCUT2D eigenvalue weighted by atomic mass is 10.0. The molecule has 3 N–H and O–H groups in total. The summed E-state index contributed by atoms with van der Waals surface area (Å²) in [5.41, 5.74) is 11.4. The molecule has 1 fully saturated rings. The zero-order chi connectivity index (χ0) is 16.9. The van der Waals surface area contributed by atoms with Crippen LogP contribution in [-0.2, 0) is 13.0 Å². The van der Waals surface area contributed by atoms with Crippen LogP contribution in [0.3, 0.4) is 0 Å². The van der Waals surface area contributed by atoms with E-state index in [1.165, 1.54) is 60.1 Å². The zero-order valence-electron chi connectivity index (χ0n) is 15.3. The second-order valence-corrected chi connectivity index (χ2v) is 7.16. The maximum absolute atomic E-state index is 5.73. The number of rotatable bonds is 7. The standard InChI is InChI=1S/C20H32N4/c1-16-13-17(2)20-19(14-16)18(15-24(20)10-4-6-21)5-3-9-23-11-7-22-8-12-23/h13-15,22H,3-12,21H2,1-2H3. The topological polar surface area (TPSA) is 46.2 Å². The third kappa shape index (κ3) is 4.00. The lowest BCUT2D eigenvalue weighted by molar-refractivity contribution is 0.238. The monoisotopic (exact) mass is 328 g/mol. The van der Waals surface area contributed by atoms with E-state index in [1.807, 2.05) is 0 Å². The maximum Gasteiger partial charge on any atom is 0.0513 e. The maximum atomic E-state index is 5.73. The molecule has 24 heavy (non-hydrogen) atoms. The number of piperazine rings is 1. The van der Waals surface area contributed by atoms with Crippen LogP contribution in [0, 0.1) is 13.8 Å². The van der Waals surface area contributed by atoms with Gasteiger partial charge in [0.25, 0.3) is 0 Å². The molecule has 1 aliphatic rings. The fourth-order valence-corrected chi connectivity index (χ4v) is 3.97. The summed E-state index contributed by atoms with van der Waals surface area (Å²) in [6.07, 6.45) is 5.82. The van der Waals surface area contributed by atoms with Gasteiger partial charge >= 0.3 is 0 Å². The van der Waals surface area contributed by atoms with Gasteiger partial charge in [0.05, 0.1) is 5.52 Å². The number of hydrogen-bond donors (Lipinski definition) is 2. The van der Waals surface area contributed by atoms with E-state index in [1.54, 1.807) is 0 Å². The van der Waals surface area contributed by atoms with Crippen LogP contribution in [-0.4, -0.2) is 48.7 Å². The molecule has 2 aromatic rings. The molecule has 4 heteroatoms. The van der Waals surface area contributed by atoms with E-state index in [-0.39, 0.29) is 0 Å². The molecule has 0 atom stereocenters. The predicted molar refractivity (Wildman–Crippen MR) is 103 cm³/mol. The molecule has 1 saturated heterocycles. The molecule has 132 valence electrons. The first-order valence-electron chi connectivity index (χ1n) is 9.41. The van der Waals surface area contributed by atoms with Crippen molar-refractivity contribution in [3.8, 4) is 0 Å². The van der Waals surface area contributed by atoms with Crippen molar-refractivity contribution in [2.45, 2.75) is 39.7 Å². The fraction of sp³-hybridized carbons (Fsp3) is 0.600. The van der Waals surface area contributed by atoms with Crippen molar-refractivity contribution in [2.75, 3.05) is 39.3 Å². The average molecular weight is 329 g/mol. The van der Waals surface area contributed by atoms with Gasteiger partial charge in [0, 0.05) is 44.3 Å². The number of aryl methyl sites for hydroxylation is 4. The molecule has 0 radical (unpaired) electrons. The summed E-state index contributed by atoms with van der Waals surface area (Å²) in [6.45, 7) is 12.1. The highest BCUT2D eigenvalue weighted by Crippen LogP contribution is 2.27. The first-order chi connectivity index (χ1) is 11.7. The molecule has 0 bridgehead atoms. The van der Waals surface area contributed by atoms with E-state index in [2.05, 4.69) is 47.0 Å². The molecule has 0 amide bonds. The summed E-state index contributed by atoms with van der Waals surface area (Å²) in [6, 6.07) is 4.66. The van der Waals surface area contributed by atoms with Crippen LogP contribution in [0.25, 0.3) is 10.9 Å². The Morgan fingerprint density at radius 2 is 1.88 bits per heavy atom. The smallest absolute Gasteiger partial charge is 0.0513 e. The molecule has 0 unspecified atom stereocenters. The Hall–Kier alpha value is -1.36. The molecule has 0 aliphatic carbocycles. The van der Waals surface area contributed by atoms with Crippen molar-refractivity contribution in [3.05, 3.63) is 35.0 Å². The fourth-order valence-electron chi connectivity index (χ4n) is 3.97. The minimum absolute atomic E-state index is 0.753. The van der Waals surface area contributed by atoms with Gasteiger partial charge in [0.15, 0.2) is 0 Å². The molecule has 0 saturated carbocycles. The molecule has 1 aromatic heterocycles. The van der Waals surface area contributed by atoms with Gasteiger partial charge in [0.1, 0.15) is 0 Å². The molecule has 0 spiro atoms. The Morgan fingerprint density at radius 3 is 2.62 bits per heavy atom. The molecular formula is C20H32N4. The Labute approximate surface area is 146 Å². The number of hydrogen-bond acceptors (Lipinski definition) is 3. The van der Waals surface area contributed by atoms with Gasteiger partial charge in [-0.15, -0.1) is 0 Å². The van der Waals surface area contributed by atoms with E-state index in [0.29, 0.717) is 0 Å². The largest absolute Gasteiger partial charge is 0.347 e. The summed E-state index contributed by atoms with van der Waals surface area (Å²) < 4.78 is 2.43. The van der Waals surface area contributed by atoms with Crippen molar-refractivity contribution >= 4 is 10.9 Å². The summed E-state index contributed by atoms with van der Waals surface area (Å²) in [5.74, 6) is 0. The van der Waals surface area contributed by atoms with E-state index in [0.717, 1.165) is 32.6 Å². The Balaban J connectivity index is 1.76. The third-order valence-electron chi connectivity index (χ3n) is 5.12. The van der Waals surface area contributed by atoms with Crippen molar-refractivity contribution in [3.63, 3.8) is 0 Å². The zero-order valence-corrected chi connectivity index (χ0v) is 15.3. The van der Waals surface area contributed by atoms with Crippen LogP contribution in [0.2, 0.25) is 0 Å². The highest BCUT2D eigenvalue weighted by molar-refractivity contribution is 5.87. The highest BCUT2D eigenvalue weighted by Gasteiger charge is 2.13. The number of benzene rings is 1. The first kappa shape index (κ1) is 17.5. The summed E-state index contributed by atoms with van der Waals surface area (Å²) in [4.78, 5) is 2.58. The SMILES string of the molecule is Cc1cc(C)c2c(c1)c(CCCN1CCNCC1)cn2CCCN. The van der Waals surface area contributed by atoms with E-state index < -0.39 is 0 Å². The van der Waals surface area contributed by atoms with Crippen molar-refractivity contribution in [1.29, 1.82) is 0 Å². The third-order valence-corrected chi connectivity index (χ3v) is 5.12. The number of nitrogens with zero attached hydrogens (tertiary/aromatic N) is 2. The summed E-state index contributed by atoms with van der Waals surface area (Å²) in [7, 11) is 0. The van der Waals surface area contributed by atoms with E-state index in [4.69, 9.17) is 5.73 Å². The minimum Gasteiger partial charge on any atom is -0.347 e. The van der Waals surface area contributed by atoms with E-state index in [9.17, 15) is 0 Å². The van der Waals surface area contributed by atoms with Gasteiger partial charge in [-0.05, 0) is 63.4 Å². The lowest BCUT2D eigenvalue weighted by Crippen LogP contribution is -2.43. The molecule has 3 rings (SSSR count). The molecule has 2 heterocycles. The molecule has 4 nitrogen and oxygen atoms in total. The Kier molecular flexibility index (Phi) is 5.93. The van der Waals surface area contributed by atoms with Crippen LogP contribution >= 0.6 is 0 Å². The first-order valence-corrected chi connectivity index (χ1v) is 9.41. The van der Waals surface area contributed by atoms with Gasteiger partial charge in [0.2, 0.25) is 0 Å². The van der Waals surface area contributed by atoms with Crippen LogP contribution < -0.4 is 11.1 Å². The average Bonchev–Trinajstić information content (AvgIpc) is 2.92. The van der Waals surface area contributed by atoms with Gasteiger partial charge in [-0.1, -0.05) is 11.6 Å². The van der Waals surface area contributed by atoms with Crippen molar-refractivity contribution in [2.24, 2.45) is 5.73 Å². The van der Waals surface area contributed by atoms with Crippen LogP contribution in [0.1, 0.15) is 29.5 Å². The van der Waals surface area contributed by atoms with E-state index >= 15 is 0 Å². The van der Waals surface area contributed by atoms with Crippen molar-refractivity contribution < 1.29 is 0 Å². The van der Waals surface area contributed by atoms with Crippen LogP contribution in [0.4, 0.5) is 0 Å². The van der Waals surface area contributed by atoms with Crippen LogP contribution in [0.15, 0.2) is 18.3 Å². The Bertz CT molecular complexity index is 668. The summed E-state index contributed by atoms with van der Waals surface area (Å²) >= 11 is 0. The van der Waals surface area contributed by atoms with Gasteiger partial charge in [-0.2, -0.15) is 0 Å². The van der Waals surface area contributed by atoms with Gasteiger partial charge in [-0.25, -0.2) is 0 Å². The number of nitrogens with one attached hydrogen (secondary N) is 1. The van der Waals surface area contributed by atoms with Gasteiger partial charge < -0.3 is 20.5 Å². The molecule has 1 aromatic carbocycles. The number of nitrogens with two attached hydrogens (primary N) is 1. The lowest BCUT2D eigenvalue weighted by Gasteiger charge is -2.26. The van der Waals surface area contributed by atoms with Crippen LogP contribution in [0.5, 0.6) is 0 Å². The van der Waals surface area contributed by atoms with Crippen molar-refractivity contribution in [1.82, 2.24) is 14.8 Å².